The summed E-state index contributed by atoms with van der Waals surface area (Å²) in [5, 5.41) is 6.20. The number of nitrogens with one attached hydrogen (secondary N) is 2. The lowest BCUT2D eigenvalue weighted by Crippen LogP contribution is -2.31. The molecule has 5 heteroatoms. The predicted octanol–water partition coefficient (Wildman–Crippen LogP) is 2.02. The van der Waals surface area contributed by atoms with Crippen LogP contribution in [0.4, 0.5) is 11.5 Å². The van der Waals surface area contributed by atoms with Crippen molar-refractivity contribution in [3.05, 3.63) is 18.3 Å². The molecule has 0 unspecified atom stereocenters. The molecule has 19 heavy (non-hydrogen) atoms. The van der Waals surface area contributed by atoms with Gasteiger partial charge in [-0.15, -0.1) is 0 Å². The monoisotopic (exact) mass is 264 g/mol. The molecule has 1 aromatic heterocycles. The van der Waals surface area contributed by atoms with Gasteiger partial charge in [0.15, 0.2) is 0 Å². The van der Waals surface area contributed by atoms with Crippen LogP contribution in [0.15, 0.2) is 18.3 Å². The molecule has 0 aliphatic carbocycles. The molecule has 5 nitrogen and oxygen atoms in total. The van der Waals surface area contributed by atoms with Crippen molar-refractivity contribution in [1.82, 2.24) is 10.3 Å². The molecule has 0 saturated carbocycles. The molecule has 0 bridgehead atoms. The number of carbonyl (C=O) groups is 1. The minimum atomic E-state index is 0.147. The van der Waals surface area contributed by atoms with E-state index in [1.165, 1.54) is 0 Å². The third-order valence-electron chi connectivity index (χ3n) is 3.12. The van der Waals surface area contributed by atoms with E-state index in [0.29, 0.717) is 12.4 Å². The van der Waals surface area contributed by atoms with Crippen LogP contribution in [0.2, 0.25) is 0 Å². The van der Waals surface area contributed by atoms with Crippen LogP contribution in [0.5, 0.6) is 0 Å². The molecule has 0 aliphatic heterocycles. The van der Waals surface area contributed by atoms with Gasteiger partial charge in [0, 0.05) is 19.0 Å². The van der Waals surface area contributed by atoms with E-state index < -0.39 is 0 Å². The zero-order valence-corrected chi connectivity index (χ0v) is 11.8. The maximum absolute atomic E-state index is 11.7. The van der Waals surface area contributed by atoms with Crippen LogP contribution < -0.4 is 16.4 Å². The van der Waals surface area contributed by atoms with Crippen molar-refractivity contribution in [2.75, 3.05) is 24.1 Å². The third-order valence-corrected chi connectivity index (χ3v) is 3.12. The lowest BCUT2D eigenvalue weighted by atomic mass is 10.0. The predicted molar refractivity (Wildman–Crippen MR) is 78.8 cm³/mol. The van der Waals surface area contributed by atoms with E-state index in [9.17, 15) is 4.79 Å². The van der Waals surface area contributed by atoms with Gasteiger partial charge in [-0.2, -0.15) is 0 Å². The summed E-state index contributed by atoms with van der Waals surface area (Å²) in [5.41, 5.74) is 6.45. The number of nitrogens with zero attached hydrogens (tertiary/aromatic N) is 1. The van der Waals surface area contributed by atoms with Crippen LogP contribution >= 0.6 is 0 Å². The summed E-state index contributed by atoms with van der Waals surface area (Å²) in [6.07, 6.45) is 4.39. The number of hydrogen-bond donors (Lipinski definition) is 3. The Morgan fingerprint density at radius 1 is 1.32 bits per heavy atom. The first-order valence-electron chi connectivity index (χ1n) is 6.90. The van der Waals surface area contributed by atoms with Crippen LogP contribution in [0.3, 0.4) is 0 Å². The molecule has 0 fully saturated rings. The van der Waals surface area contributed by atoms with Crippen LogP contribution in [0, 0.1) is 5.92 Å². The SMILES string of the molecule is CCC(CC)C(=O)NCCCNc1ccc(N)nc1. The molecule has 1 heterocycles. The first-order valence-corrected chi connectivity index (χ1v) is 6.90. The van der Waals surface area contributed by atoms with Crippen molar-refractivity contribution < 1.29 is 4.79 Å². The maximum atomic E-state index is 11.7. The largest absolute Gasteiger partial charge is 0.384 e. The second-order valence-corrected chi connectivity index (χ2v) is 4.56. The maximum Gasteiger partial charge on any atom is 0.223 e. The Hall–Kier alpha value is -1.78. The first kappa shape index (κ1) is 15.3. The summed E-state index contributed by atoms with van der Waals surface area (Å²) in [6, 6.07) is 3.66. The molecule has 1 aromatic rings. The average molecular weight is 264 g/mol. The number of amides is 1. The van der Waals surface area contributed by atoms with Gasteiger partial charge in [-0.3, -0.25) is 4.79 Å². The number of anilines is 2. The fourth-order valence-electron chi connectivity index (χ4n) is 1.85. The van der Waals surface area contributed by atoms with E-state index in [1.54, 1.807) is 12.3 Å². The second kappa shape index (κ2) is 8.34. The molecule has 0 atom stereocenters. The van der Waals surface area contributed by atoms with E-state index in [-0.39, 0.29) is 11.8 Å². The van der Waals surface area contributed by atoms with Gasteiger partial charge in [0.25, 0.3) is 0 Å². The molecule has 0 radical (unpaired) electrons. The molecule has 106 valence electrons. The van der Waals surface area contributed by atoms with E-state index in [2.05, 4.69) is 15.6 Å². The van der Waals surface area contributed by atoms with Crippen LogP contribution in [-0.4, -0.2) is 24.0 Å². The van der Waals surface area contributed by atoms with E-state index in [4.69, 9.17) is 5.73 Å². The van der Waals surface area contributed by atoms with Gasteiger partial charge < -0.3 is 16.4 Å². The van der Waals surface area contributed by atoms with Gasteiger partial charge in [-0.1, -0.05) is 13.8 Å². The molecule has 4 N–H and O–H groups in total. The summed E-state index contributed by atoms with van der Waals surface area (Å²) in [5.74, 6) is 0.830. The van der Waals surface area contributed by atoms with Gasteiger partial charge in [-0.05, 0) is 31.4 Å². The quantitative estimate of drug-likeness (QED) is 0.628. The Balaban J connectivity index is 2.14. The molecule has 0 spiro atoms. The van der Waals surface area contributed by atoms with Crippen molar-refractivity contribution in [3.8, 4) is 0 Å². The first-order chi connectivity index (χ1) is 9.17. The van der Waals surface area contributed by atoms with Crippen LogP contribution in [-0.2, 0) is 4.79 Å². The molecule has 0 saturated heterocycles. The summed E-state index contributed by atoms with van der Waals surface area (Å²) >= 11 is 0. The minimum absolute atomic E-state index is 0.147. The number of carbonyl (C=O) groups excluding carboxylic acids is 1. The van der Waals surface area contributed by atoms with E-state index in [1.807, 2.05) is 19.9 Å². The van der Waals surface area contributed by atoms with E-state index in [0.717, 1.165) is 31.5 Å². The lowest BCUT2D eigenvalue weighted by Gasteiger charge is -2.13. The highest BCUT2D eigenvalue weighted by Crippen LogP contribution is 2.07. The number of aromatic nitrogens is 1. The van der Waals surface area contributed by atoms with Gasteiger partial charge in [0.2, 0.25) is 5.91 Å². The highest BCUT2D eigenvalue weighted by molar-refractivity contribution is 5.78. The van der Waals surface area contributed by atoms with Crippen molar-refractivity contribution in [3.63, 3.8) is 0 Å². The normalized spacial score (nSPS) is 10.5. The summed E-state index contributed by atoms with van der Waals surface area (Å²) < 4.78 is 0. The van der Waals surface area contributed by atoms with Crippen molar-refractivity contribution in [2.24, 2.45) is 5.92 Å². The smallest absolute Gasteiger partial charge is 0.223 e. The molecule has 1 amide bonds. The molecule has 0 aliphatic rings. The highest BCUT2D eigenvalue weighted by Gasteiger charge is 2.12. The zero-order valence-electron chi connectivity index (χ0n) is 11.8. The topological polar surface area (TPSA) is 80.0 Å². The Morgan fingerprint density at radius 2 is 2.05 bits per heavy atom. The Bertz CT molecular complexity index is 374. The van der Waals surface area contributed by atoms with Crippen molar-refractivity contribution in [2.45, 2.75) is 33.1 Å². The number of nitrogens with two attached hydrogens (primary N) is 1. The van der Waals surface area contributed by atoms with Gasteiger partial charge >= 0.3 is 0 Å². The average Bonchev–Trinajstić information content (AvgIpc) is 2.42. The molecule has 1 rings (SSSR count). The molecule has 0 aromatic carbocycles. The van der Waals surface area contributed by atoms with Crippen LogP contribution in [0.25, 0.3) is 0 Å². The summed E-state index contributed by atoms with van der Waals surface area (Å²) in [4.78, 5) is 15.7. The number of pyridine rings is 1. The van der Waals surface area contributed by atoms with Crippen molar-refractivity contribution in [1.29, 1.82) is 0 Å². The highest BCUT2D eigenvalue weighted by atomic mass is 16.1. The zero-order chi connectivity index (χ0) is 14.1. The minimum Gasteiger partial charge on any atom is -0.384 e. The number of nitrogen functional groups attached to an aromatic ring is 1. The van der Waals surface area contributed by atoms with Gasteiger partial charge in [0.1, 0.15) is 5.82 Å². The standard InChI is InChI=1S/C14H24N4O/c1-3-11(4-2)14(19)17-9-5-8-16-12-6-7-13(15)18-10-12/h6-7,10-11,16H,3-5,8-9H2,1-2H3,(H2,15,18)(H,17,19). The third kappa shape index (κ3) is 5.59. The summed E-state index contributed by atoms with van der Waals surface area (Å²) in [7, 11) is 0. The fourth-order valence-corrected chi connectivity index (χ4v) is 1.85. The Kier molecular flexibility index (Phi) is 6.71. The second-order valence-electron chi connectivity index (χ2n) is 4.56. The molecular formula is C14H24N4O. The number of hydrogen-bond acceptors (Lipinski definition) is 4. The van der Waals surface area contributed by atoms with Gasteiger partial charge in [0.05, 0.1) is 11.9 Å². The Labute approximate surface area is 115 Å². The number of rotatable bonds is 8. The summed E-state index contributed by atoms with van der Waals surface area (Å²) in [6.45, 7) is 5.59. The fraction of sp³-hybridized carbons (Fsp3) is 0.571. The molecular weight excluding hydrogens is 240 g/mol. The Morgan fingerprint density at radius 3 is 2.63 bits per heavy atom. The van der Waals surface area contributed by atoms with Crippen molar-refractivity contribution >= 4 is 17.4 Å². The van der Waals surface area contributed by atoms with Gasteiger partial charge in [-0.25, -0.2) is 4.98 Å². The lowest BCUT2D eigenvalue weighted by molar-refractivity contribution is -0.125. The van der Waals surface area contributed by atoms with Crippen LogP contribution in [0.1, 0.15) is 33.1 Å². The van der Waals surface area contributed by atoms with E-state index >= 15 is 0 Å².